The van der Waals surface area contributed by atoms with E-state index in [-0.39, 0.29) is 18.3 Å². The first-order chi connectivity index (χ1) is 10.9. The molecule has 0 bridgehead atoms. The number of halogens is 6. The first-order valence-corrected chi connectivity index (χ1v) is 5.93. The zero-order chi connectivity index (χ0) is 18.3. The van der Waals surface area contributed by atoms with Gasteiger partial charge < -0.3 is 0 Å². The van der Waals surface area contributed by atoms with E-state index in [1.165, 1.54) is 0 Å². The van der Waals surface area contributed by atoms with Crippen LogP contribution in [0.1, 0.15) is 11.1 Å². The molecule has 0 amide bonds. The minimum absolute atomic E-state index is 0.145. The molecule has 12 heteroatoms. The van der Waals surface area contributed by atoms with Gasteiger partial charge in [0, 0.05) is 24.5 Å². The Bertz CT molecular complexity index is 856. The summed E-state index contributed by atoms with van der Waals surface area (Å²) in [6.07, 6.45) is -8.95. The Morgan fingerprint density at radius 2 is 1.62 bits per heavy atom. The maximum absolute atomic E-state index is 12.6. The zero-order valence-electron chi connectivity index (χ0n) is 11.2. The number of nitrogens with zero attached hydrogens (tertiary/aromatic N) is 3. The summed E-state index contributed by atoms with van der Waals surface area (Å²) in [4.78, 5) is 24.6. The molecule has 0 aliphatic rings. The lowest BCUT2D eigenvalue weighted by atomic mass is 10.2. The van der Waals surface area contributed by atoms with Gasteiger partial charge in [0.1, 0.15) is 0 Å². The molecule has 0 saturated carbocycles. The average Bonchev–Trinajstić information content (AvgIpc) is 2.44. The standard InChI is InChI=1S/C12H5F6N3O3/c13-11(14,15)6-1-2-20(9(22)4-6)10-8(21(23)24)3-7(5-19-10)12(16,17)18/h1-5H. The predicted molar refractivity (Wildman–Crippen MR) is 66.5 cm³/mol. The van der Waals surface area contributed by atoms with Gasteiger partial charge in [-0.1, -0.05) is 0 Å². The van der Waals surface area contributed by atoms with Crippen LogP contribution in [0, 0.1) is 10.1 Å². The number of hydrogen-bond acceptors (Lipinski definition) is 4. The van der Waals surface area contributed by atoms with Crippen molar-refractivity contribution in [1.82, 2.24) is 9.55 Å². The number of aromatic nitrogens is 2. The van der Waals surface area contributed by atoms with Crippen LogP contribution in [-0.4, -0.2) is 14.5 Å². The van der Waals surface area contributed by atoms with Crippen LogP contribution in [0.4, 0.5) is 32.0 Å². The fourth-order valence-corrected chi connectivity index (χ4v) is 1.75. The second-order valence-electron chi connectivity index (χ2n) is 4.44. The Morgan fingerprint density at radius 1 is 1.04 bits per heavy atom. The molecular weight excluding hydrogens is 348 g/mol. The molecule has 0 unspecified atom stereocenters. The highest BCUT2D eigenvalue weighted by Gasteiger charge is 2.35. The van der Waals surface area contributed by atoms with Gasteiger partial charge in [-0.05, 0) is 6.07 Å². The molecular formula is C12H5F6N3O3. The van der Waals surface area contributed by atoms with E-state index >= 15 is 0 Å². The lowest BCUT2D eigenvalue weighted by Crippen LogP contribution is -2.22. The molecule has 24 heavy (non-hydrogen) atoms. The normalized spacial score (nSPS) is 12.2. The second-order valence-corrected chi connectivity index (χ2v) is 4.44. The maximum atomic E-state index is 12.6. The van der Waals surface area contributed by atoms with Gasteiger partial charge in [0.05, 0.1) is 16.1 Å². The quantitative estimate of drug-likeness (QED) is 0.472. The van der Waals surface area contributed by atoms with E-state index in [0.717, 1.165) is 0 Å². The van der Waals surface area contributed by atoms with E-state index in [4.69, 9.17) is 0 Å². The number of nitro groups is 1. The van der Waals surface area contributed by atoms with Crippen molar-refractivity contribution in [3.63, 3.8) is 0 Å². The van der Waals surface area contributed by atoms with Gasteiger partial charge in [0.25, 0.3) is 5.56 Å². The lowest BCUT2D eigenvalue weighted by Gasteiger charge is -2.11. The largest absolute Gasteiger partial charge is 0.418 e. The van der Waals surface area contributed by atoms with Crippen LogP contribution in [0.25, 0.3) is 5.82 Å². The Kier molecular flexibility index (Phi) is 4.08. The van der Waals surface area contributed by atoms with Crippen molar-refractivity contribution >= 4 is 5.69 Å². The summed E-state index contributed by atoms with van der Waals surface area (Å²) in [5, 5.41) is 10.9. The predicted octanol–water partition coefficient (Wildman–Crippen LogP) is 3.18. The minimum atomic E-state index is -4.92. The third kappa shape index (κ3) is 3.36. The van der Waals surface area contributed by atoms with Crippen LogP contribution in [0.2, 0.25) is 0 Å². The van der Waals surface area contributed by atoms with Gasteiger partial charge in [-0.3, -0.25) is 19.5 Å². The smallest absolute Gasteiger partial charge is 0.269 e. The van der Waals surface area contributed by atoms with Gasteiger partial charge in [0.15, 0.2) is 0 Å². The molecule has 2 aromatic rings. The highest BCUT2D eigenvalue weighted by atomic mass is 19.4. The van der Waals surface area contributed by atoms with Crippen LogP contribution < -0.4 is 5.56 Å². The van der Waals surface area contributed by atoms with Gasteiger partial charge in [0.2, 0.25) is 5.82 Å². The van der Waals surface area contributed by atoms with E-state index in [1.807, 2.05) is 0 Å². The van der Waals surface area contributed by atoms with E-state index in [1.54, 1.807) is 0 Å². The van der Waals surface area contributed by atoms with Crippen LogP contribution in [0.5, 0.6) is 0 Å². The monoisotopic (exact) mass is 353 g/mol. The van der Waals surface area contributed by atoms with Crippen molar-refractivity contribution < 1.29 is 31.3 Å². The number of hydrogen-bond donors (Lipinski definition) is 0. The fraction of sp³-hybridized carbons (Fsp3) is 0.167. The number of pyridine rings is 2. The van der Waals surface area contributed by atoms with Crippen molar-refractivity contribution in [3.8, 4) is 5.82 Å². The molecule has 2 heterocycles. The summed E-state index contributed by atoms with van der Waals surface area (Å²) >= 11 is 0. The first kappa shape index (κ1) is 17.4. The number of rotatable bonds is 2. The van der Waals surface area contributed by atoms with E-state index in [2.05, 4.69) is 4.98 Å². The molecule has 0 atom stereocenters. The molecule has 128 valence electrons. The fourth-order valence-electron chi connectivity index (χ4n) is 1.75. The van der Waals surface area contributed by atoms with Crippen molar-refractivity contribution in [2.45, 2.75) is 12.4 Å². The third-order valence-electron chi connectivity index (χ3n) is 2.85. The van der Waals surface area contributed by atoms with E-state index in [9.17, 15) is 41.3 Å². The third-order valence-corrected chi connectivity index (χ3v) is 2.85. The van der Waals surface area contributed by atoms with E-state index in [0.29, 0.717) is 16.8 Å². The average molecular weight is 353 g/mol. The maximum Gasteiger partial charge on any atom is 0.418 e. The van der Waals surface area contributed by atoms with Gasteiger partial charge in [-0.25, -0.2) is 4.98 Å². The number of alkyl halides is 6. The van der Waals surface area contributed by atoms with Crippen LogP contribution in [0.3, 0.4) is 0 Å². The summed E-state index contributed by atoms with van der Waals surface area (Å²) in [5.74, 6) is -0.827. The lowest BCUT2D eigenvalue weighted by molar-refractivity contribution is -0.385. The highest BCUT2D eigenvalue weighted by Crippen LogP contribution is 2.33. The summed E-state index contributed by atoms with van der Waals surface area (Å²) < 4.78 is 75.6. The Labute approximate surface area is 128 Å². The molecule has 0 spiro atoms. The molecule has 0 aromatic carbocycles. The van der Waals surface area contributed by atoms with Gasteiger partial charge in [-0.2, -0.15) is 26.3 Å². The van der Waals surface area contributed by atoms with Crippen molar-refractivity contribution in [2.24, 2.45) is 0 Å². The molecule has 0 saturated heterocycles. The molecule has 0 radical (unpaired) electrons. The molecule has 2 aromatic heterocycles. The molecule has 0 N–H and O–H groups in total. The molecule has 0 fully saturated rings. The highest BCUT2D eigenvalue weighted by molar-refractivity contribution is 5.49. The second kappa shape index (κ2) is 5.62. The van der Waals surface area contributed by atoms with E-state index < -0.39 is 45.5 Å². The Balaban J connectivity index is 2.65. The van der Waals surface area contributed by atoms with Gasteiger partial charge >= 0.3 is 18.0 Å². The van der Waals surface area contributed by atoms with Crippen molar-refractivity contribution in [1.29, 1.82) is 0 Å². The van der Waals surface area contributed by atoms with Crippen molar-refractivity contribution in [2.75, 3.05) is 0 Å². The molecule has 2 rings (SSSR count). The van der Waals surface area contributed by atoms with Crippen LogP contribution in [0.15, 0.2) is 35.4 Å². The summed E-state index contributed by atoms with van der Waals surface area (Å²) in [6.45, 7) is 0. The molecule has 0 aliphatic heterocycles. The SMILES string of the molecule is O=c1cc(C(F)(F)F)ccn1-c1ncc(C(F)(F)F)cc1[N+](=O)[O-]. The molecule has 0 aliphatic carbocycles. The first-order valence-electron chi connectivity index (χ1n) is 5.93. The van der Waals surface area contributed by atoms with Crippen LogP contribution >= 0.6 is 0 Å². The van der Waals surface area contributed by atoms with Gasteiger partial charge in [-0.15, -0.1) is 0 Å². The van der Waals surface area contributed by atoms with Crippen LogP contribution in [-0.2, 0) is 12.4 Å². The minimum Gasteiger partial charge on any atom is -0.269 e. The van der Waals surface area contributed by atoms with Crippen molar-refractivity contribution in [3.05, 3.63) is 62.2 Å². The summed E-state index contributed by atoms with van der Waals surface area (Å²) in [5.41, 5.74) is -5.25. The Hall–Kier alpha value is -2.92. The summed E-state index contributed by atoms with van der Waals surface area (Å²) in [6, 6.07) is 0.750. The molecule has 6 nitrogen and oxygen atoms in total. The topological polar surface area (TPSA) is 78.0 Å². The Morgan fingerprint density at radius 3 is 2.08 bits per heavy atom. The zero-order valence-corrected chi connectivity index (χ0v) is 11.2. The summed E-state index contributed by atoms with van der Waals surface area (Å²) in [7, 11) is 0.